The minimum Gasteiger partial charge on any atom is -1.00 e. The van der Waals surface area contributed by atoms with Crippen molar-refractivity contribution in [2.75, 3.05) is 33.7 Å². The maximum Gasteiger partial charge on any atom is 0.255 e. The van der Waals surface area contributed by atoms with Gasteiger partial charge in [0.1, 0.15) is 5.75 Å². The van der Waals surface area contributed by atoms with E-state index in [4.69, 9.17) is 0 Å². The molecule has 0 bridgehead atoms. The first kappa shape index (κ1) is 31.1. The Morgan fingerprint density at radius 2 is 1.37 bits per heavy atom. The zero-order valence-corrected chi connectivity index (χ0v) is 21.0. The second-order valence-electron chi connectivity index (χ2n) is 8.69. The van der Waals surface area contributed by atoms with Crippen LogP contribution in [0.25, 0.3) is 0 Å². The maximum absolute atomic E-state index is 12.1. The number of phenolic OH excluding ortho intramolecular Hbond substituents is 1. The Labute approximate surface area is 194 Å². The number of hydrogen-bond acceptors (Lipinski definition) is 2. The van der Waals surface area contributed by atoms with Crippen molar-refractivity contribution in [2.24, 2.45) is 0 Å². The van der Waals surface area contributed by atoms with Crippen LogP contribution in [0.1, 0.15) is 87.9 Å². The van der Waals surface area contributed by atoms with Gasteiger partial charge in [0.15, 0.2) is 0 Å². The Morgan fingerprint density at radius 3 is 1.93 bits per heavy atom. The molecule has 4 N–H and O–H groups in total. The van der Waals surface area contributed by atoms with E-state index in [-0.39, 0.29) is 34.1 Å². The fraction of sp³-hybridized carbons (Fsp3) is 0.708. The molecule has 0 spiro atoms. The lowest BCUT2D eigenvalue weighted by Crippen LogP contribution is -3.00. The van der Waals surface area contributed by atoms with Crippen LogP contribution in [-0.4, -0.2) is 54.7 Å². The summed E-state index contributed by atoms with van der Waals surface area (Å²) in [6.07, 6.45) is 14.7. The van der Waals surface area contributed by atoms with Crippen molar-refractivity contribution in [2.45, 2.75) is 77.6 Å². The highest BCUT2D eigenvalue weighted by Gasteiger charge is 2.15. The molecule has 0 heterocycles. The van der Waals surface area contributed by atoms with Crippen LogP contribution in [0.5, 0.6) is 5.75 Å². The third-order valence-corrected chi connectivity index (χ3v) is 5.49. The number of benzene rings is 1. The number of carbonyl (C=O) groups is 1. The van der Waals surface area contributed by atoms with Crippen molar-refractivity contribution in [3.8, 4) is 5.75 Å². The topological polar surface area (TPSA) is 80.8 Å². The molecule has 6 heteroatoms. The molecule has 1 rings (SSSR count). The Balaban J connectivity index is 0. The van der Waals surface area contributed by atoms with Crippen molar-refractivity contribution in [3.63, 3.8) is 0 Å². The summed E-state index contributed by atoms with van der Waals surface area (Å²) in [5.74, 6) is -0.157. The van der Waals surface area contributed by atoms with Crippen LogP contribution in [0.4, 0.5) is 0 Å². The van der Waals surface area contributed by atoms with Gasteiger partial charge in [-0.15, -0.1) is 0 Å². The summed E-state index contributed by atoms with van der Waals surface area (Å²) in [4.78, 5) is 12.1. The van der Waals surface area contributed by atoms with Crippen LogP contribution in [0, 0.1) is 0 Å². The molecule has 1 amide bonds. The van der Waals surface area contributed by atoms with Crippen molar-refractivity contribution in [1.29, 1.82) is 0 Å². The Hall–Kier alpha value is -1.11. The molecule has 0 aromatic heterocycles. The predicted octanol–water partition coefficient (Wildman–Crippen LogP) is 1.69. The lowest BCUT2D eigenvalue weighted by atomic mass is 10.1. The number of amides is 1. The number of hydrogen-bond donors (Lipinski definition) is 2. The quantitative estimate of drug-likeness (QED) is 0.274. The van der Waals surface area contributed by atoms with Crippen LogP contribution in [0.15, 0.2) is 24.3 Å². The molecular weight excluding hydrogens is 444 g/mol. The first-order chi connectivity index (χ1) is 13.5. The average molecular weight is 490 g/mol. The molecule has 30 heavy (non-hydrogen) atoms. The standard InChI is InChI=1S/C24H42N2O2.BrH.H2O/c1-4-5-6-7-8-9-10-11-12-15-20-26(2,3)21-16-19-25-24(28)22-17-13-14-18-23(22)27;;/h13-14,17-18H,4-12,15-16,19-21H2,1-3H3,(H-,25,27,28);1H;1H2. The molecule has 0 aliphatic carbocycles. The minimum absolute atomic E-state index is 0. The van der Waals surface area contributed by atoms with Gasteiger partial charge in [-0.05, 0) is 25.0 Å². The molecular formula is C24H45BrN2O3. The van der Waals surface area contributed by atoms with Gasteiger partial charge in [-0.1, -0.05) is 70.4 Å². The van der Waals surface area contributed by atoms with Crippen molar-refractivity contribution >= 4 is 5.91 Å². The van der Waals surface area contributed by atoms with Crippen molar-refractivity contribution < 1.29 is 36.8 Å². The van der Waals surface area contributed by atoms with Gasteiger partial charge < -0.3 is 37.4 Å². The Kier molecular flexibility index (Phi) is 19.3. The molecule has 1 aromatic carbocycles. The Bertz CT molecular complexity index is 553. The molecule has 0 saturated carbocycles. The smallest absolute Gasteiger partial charge is 0.255 e. The van der Waals surface area contributed by atoms with Crippen LogP contribution < -0.4 is 22.3 Å². The van der Waals surface area contributed by atoms with Gasteiger partial charge in [0.25, 0.3) is 5.91 Å². The van der Waals surface area contributed by atoms with E-state index in [0.717, 1.165) is 17.4 Å². The van der Waals surface area contributed by atoms with E-state index in [1.54, 1.807) is 24.3 Å². The summed E-state index contributed by atoms with van der Waals surface area (Å²) in [5.41, 5.74) is 0.349. The number of aromatic hydroxyl groups is 1. The first-order valence-corrected chi connectivity index (χ1v) is 11.3. The van der Waals surface area contributed by atoms with E-state index in [0.29, 0.717) is 12.1 Å². The van der Waals surface area contributed by atoms with Crippen molar-refractivity contribution in [1.82, 2.24) is 5.32 Å². The predicted molar refractivity (Wildman–Crippen MR) is 122 cm³/mol. The highest BCUT2D eigenvalue weighted by molar-refractivity contribution is 5.96. The molecule has 0 aliphatic rings. The Morgan fingerprint density at radius 1 is 0.867 bits per heavy atom. The summed E-state index contributed by atoms with van der Waals surface area (Å²) in [6, 6.07) is 6.68. The summed E-state index contributed by atoms with van der Waals surface area (Å²) < 4.78 is 1.00. The number of quaternary nitrogens is 1. The van der Waals surface area contributed by atoms with Crippen LogP contribution in [0.3, 0.4) is 0 Å². The zero-order chi connectivity index (χ0) is 20.7. The molecule has 0 unspecified atom stereocenters. The van der Waals surface area contributed by atoms with Gasteiger partial charge >= 0.3 is 0 Å². The summed E-state index contributed by atoms with van der Waals surface area (Å²) >= 11 is 0. The lowest BCUT2D eigenvalue weighted by Gasteiger charge is -2.30. The number of halogens is 1. The van der Waals surface area contributed by atoms with Crippen LogP contribution in [-0.2, 0) is 0 Å². The number of rotatable bonds is 16. The molecule has 0 fully saturated rings. The molecule has 0 saturated heterocycles. The SMILES string of the molecule is CCCCCCCCCCCC[N+](C)(C)CCCNC(=O)c1ccccc1O.O.[Br-]. The van der Waals surface area contributed by atoms with E-state index in [2.05, 4.69) is 26.3 Å². The average Bonchev–Trinajstić information content (AvgIpc) is 2.67. The minimum atomic E-state index is -0.196. The molecule has 176 valence electrons. The number of nitrogens with zero attached hydrogens (tertiary/aromatic N) is 1. The number of carbonyl (C=O) groups excluding carboxylic acids is 1. The van der Waals surface area contributed by atoms with Crippen LogP contribution >= 0.6 is 0 Å². The van der Waals surface area contributed by atoms with E-state index in [1.165, 1.54) is 70.8 Å². The monoisotopic (exact) mass is 488 g/mol. The van der Waals surface area contributed by atoms with E-state index >= 15 is 0 Å². The third kappa shape index (κ3) is 14.8. The molecule has 1 aromatic rings. The zero-order valence-electron chi connectivity index (χ0n) is 19.4. The third-order valence-electron chi connectivity index (χ3n) is 5.49. The molecule has 0 aliphatic heterocycles. The van der Waals surface area contributed by atoms with Crippen molar-refractivity contribution in [3.05, 3.63) is 29.8 Å². The largest absolute Gasteiger partial charge is 1.00 e. The number of para-hydroxylation sites is 1. The number of phenols is 1. The fourth-order valence-electron chi connectivity index (χ4n) is 3.61. The summed E-state index contributed by atoms with van der Waals surface area (Å²) in [6.45, 7) is 5.17. The van der Waals surface area contributed by atoms with E-state index < -0.39 is 0 Å². The highest BCUT2D eigenvalue weighted by Crippen LogP contribution is 2.15. The van der Waals surface area contributed by atoms with Gasteiger partial charge in [0.05, 0.1) is 32.7 Å². The summed E-state index contributed by atoms with van der Waals surface area (Å²) in [7, 11) is 4.55. The van der Waals surface area contributed by atoms with E-state index in [9.17, 15) is 9.90 Å². The second-order valence-corrected chi connectivity index (χ2v) is 8.69. The van der Waals surface area contributed by atoms with Gasteiger partial charge in [-0.2, -0.15) is 0 Å². The number of nitrogens with one attached hydrogen (secondary N) is 1. The van der Waals surface area contributed by atoms with Crippen LogP contribution in [0.2, 0.25) is 0 Å². The first-order valence-electron chi connectivity index (χ1n) is 11.3. The van der Waals surface area contributed by atoms with Gasteiger partial charge in [0, 0.05) is 13.0 Å². The lowest BCUT2D eigenvalue weighted by molar-refractivity contribution is -0.890. The number of unbranched alkanes of at least 4 members (excludes halogenated alkanes) is 9. The highest BCUT2D eigenvalue weighted by atomic mass is 79.9. The molecule has 0 atom stereocenters. The molecule has 5 nitrogen and oxygen atoms in total. The van der Waals surface area contributed by atoms with Gasteiger partial charge in [0.2, 0.25) is 0 Å². The van der Waals surface area contributed by atoms with Gasteiger partial charge in [-0.3, -0.25) is 4.79 Å². The normalized spacial score (nSPS) is 10.8. The summed E-state index contributed by atoms with van der Waals surface area (Å²) in [5, 5.41) is 12.6. The molecule has 0 radical (unpaired) electrons. The fourth-order valence-corrected chi connectivity index (χ4v) is 3.61. The van der Waals surface area contributed by atoms with E-state index in [1.807, 2.05) is 0 Å². The second kappa shape index (κ2) is 18.6. The maximum atomic E-state index is 12.1. The van der Waals surface area contributed by atoms with Gasteiger partial charge in [-0.25, -0.2) is 0 Å².